The maximum atomic E-state index is 12.2. The molecule has 4 rings (SSSR count). The van der Waals surface area contributed by atoms with Crippen LogP contribution in [0.2, 0.25) is 0 Å². The lowest BCUT2D eigenvalue weighted by Crippen LogP contribution is -2.37. The summed E-state index contributed by atoms with van der Waals surface area (Å²) in [6, 6.07) is 4.96. The van der Waals surface area contributed by atoms with Gasteiger partial charge in [0, 0.05) is 31.2 Å². The Labute approximate surface area is 133 Å². The number of hydrogen-bond acceptors (Lipinski definition) is 4. The lowest BCUT2D eigenvalue weighted by Gasteiger charge is -2.26. The van der Waals surface area contributed by atoms with E-state index in [-0.39, 0.29) is 5.91 Å². The summed E-state index contributed by atoms with van der Waals surface area (Å²) in [6.07, 6.45) is 6.97. The van der Waals surface area contributed by atoms with E-state index in [2.05, 4.69) is 15.7 Å². The summed E-state index contributed by atoms with van der Waals surface area (Å²) in [6.45, 7) is 0. The first-order chi connectivity index (χ1) is 10.7. The molecule has 2 saturated carbocycles. The monoisotopic (exact) mass is 316 g/mol. The minimum atomic E-state index is -0.0478. The average Bonchev–Trinajstić information content (AvgIpc) is 2.85. The molecule has 2 aromatic rings. The van der Waals surface area contributed by atoms with E-state index in [1.54, 1.807) is 4.68 Å². The molecule has 2 aliphatic rings. The lowest BCUT2D eigenvalue weighted by molar-refractivity contribution is 0.103. The molecule has 0 saturated heterocycles. The molecule has 5 nitrogen and oxygen atoms in total. The van der Waals surface area contributed by atoms with Crippen molar-refractivity contribution in [3.05, 3.63) is 34.3 Å². The smallest absolute Gasteiger partial charge is 0.265 e. The largest absolute Gasteiger partial charge is 0.318 e. The second-order valence-electron chi connectivity index (χ2n) is 6.28. The van der Waals surface area contributed by atoms with Crippen LogP contribution in [-0.2, 0) is 7.05 Å². The summed E-state index contributed by atoms with van der Waals surface area (Å²) in [7, 11) is 1.90. The highest BCUT2D eigenvalue weighted by atomic mass is 32.1. The molecule has 116 valence electrons. The SMILES string of the molecule is Cn1cc(NC(=O)c2cccs2)c(C2CC2NC2CCC2)n1. The molecule has 2 aliphatic carbocycles. The second-order valence-corrected chi connectivity index (χ2v) is 7.22. The van der Waals surface area contributed by atoms with Gasteiger partial charge in [-0.15, -0.1) is 11.3 Å². The van der Waals surface area contributed by atoms with Crippen LogP contribution in [0.1, 0.15) is 47.0 Å². The molecule has 22 heavy (non-hydrogen) atoms. The third-order valence-corrected chi connectivity index (χ3v) is 5.42. The molecule has 2 N–H and O–H groups in total. The van der Waals surface area contributed by atoms with E-state index in [0.717, 1.165) is 22.7 Å². The predicted octanol–water partition coefficient (Wildman–Crippen LogP) is 2.73. The first kappa shape index (κ1) is 14.0. The van der Waals surface area contributed by atoms with Crippen molar-refractivity contribution < 1.29 is 4.79 Å². The zero-order chi connectivity index (χ0) is 15.1. The van der Waals surface area contributed by atoms with Crippen LogP contribution in [0.5, 0.6) is 0 Å². The average molecular weight is 316 g/mol. The van der Waals surface area contributed by atoms with E-state index < -0.39 is 0 Å². The van der Waals surface area contributed by atoms with Crippen LogP contribution in [0.25, 0.3) is 0 Å². The molecule has 1 amide bonds. The maximum absolute atomic E-state index is 12.2. The molecular weight excluding hydrogens is 296 g/mol. The number of aromatic nitrogens is 2. The zero-order valence-electron chi connectivity index (χ0n) is 12.6. The Bertz CT molecular complexity index is 674. The van der Waals surface area contributed by atoms with Crippen LogP contribution in [0.3, 0.4) is 0 Å². The molecule has 2 aromatic heterocycles. The molecule has 0 bridgehead atoms. The number of carbonyl (C=O) groups is 1. The number of carbonyl (C=O) groups excluding carboxylic acids is 1. The Kier molecular flexibility index (Phi) is 3.50. The second kappa shape index (κ2) is 5.52. The normalized spacial score (nSPS) is 24.0. The summed E-state index contributed by atoms with van der Waals surface area (Å²) in [4.78, 5) is 13.0. The first-order valence-corrected chi connectivity index (χ1v) is 8.73. The van der Waals surface area contributed by atoms with Gasteiger partial charge in [0.1, 0.15) is 0 Å². The molecule has 2 unspecified atom stereocenters. The highest BCUT2D eigenvalue weighted by Gasteiger charge is 2.43. The minimum absolute atomic E-state index is 0.0478. The van der Waals surface area contributed by atoms with E-state index in [9.17, 15) is 4.79 Å². The molecule has 6 heteroatoms. The van der Waals surface area contributed by atoms with Gasteiger partial charge in [-0.05, 0) is 30.7 Å². The van der Waals surface area contributed by atoms with Crippen molar-refractivity contribution in [2.75, 3.05) is 5.32 Å². The van der Waals surface area contributed by atoms with Crippen molar-refractivity contribution >= 4 is 22.9 Å². The van der Waals surface area contributed by atoms with E-state index in [4.69, 9.17) is 0 Å². The van der Waals surface area contributed by atoms with Gasteiger partial charge in [-0.25, -0.2) is 0 Å². The van der Waals surface area contributed by atoms with E-state index in [1.165, 1.54) is 30.6 Å². The molecule has 0 aliphatic heterocycles. The van der Waals surface area contributed by atoms with Crippen molar-refractivity contribution in [1.82, 2.24) is 15.1 Å². The van der Waals surface area contributed by atoms with E-state index >= 15 is 0 Å². The quantitative estimate of drug-likeness (QED) is 0.892. The fraction of sp³-hybridized carbons (Fsp3) is 0.500. The van der Waals surface area contributed by atoms with Gasteiger partial charge in [0.25, 0.3) is 5.91 Å². The van der Waals surface area contributed by atoms with Crippen LogP contribution in [-0.4, -0.2) is 27.8 Å². The van der Waals surface area contributed by atoms with Crippen LogP contribution < -0.4 is 10.6 Å². The van der Waals surface area contributed by atoms with Gasteiger partial charge >= 0.3 is 0 Å². The van der Waals surface area contributed by atoms with E-state index in [0.29, 0.717) is 18.0 Å². The van der Waals surface area contributed by atoms with Crippen LogP contribution in [0.4, 0.5) is 5.69 Å². The Morgan fingerprint density at radius 3 is 3.00 bits per heavy atom. The van der Waals surface area contributed by atoms with E-state index in [1.807, 2.05) is 30.8 Å². The Morgan fingerprint density at radius 2 is 2.32 bits per heavy atom. The number of hydrogen-bond donors (Lipinski definition) is 2. The van der Waals surface area contributed by atoms with Gasteiger partial charge in [0.05, 0.1) is 16.3 Å². The van der Waals surface area contributed by atoms with Crippen LogP contribution >= 0.6 is 11.3 Å². The highest BCUT2D eigenvalue weighted by molar-refractivity contribution is 7.12. The Hall–Kier alpha value is -1.66. The van der Waals surface area contributed by atoms with Crippen LogP contribution in [0, 0.1) is 0 Å². The first-order valence-electron chi connectivity index (χ1n) is 7.85. The zero-order valence-corrected chi connectivity index (χ0v) is 13.4. The summed E-state index contributed by atoms with van der Waals surface area (Å²) in [5.41, 5.74) is 1.87. The molecular formula is C16H20N4OS. The maximum Gasteiger partial charge on any atom is 0.265 e. The molecule has 2 atom stereocenters. The number of thiophene rings is 1. The van der Waals surface area contributed by atoms with Gasteiger partial charge in [0.15, 0.2) is 0 Å². The Balaban J connectivity index is 1.46. The summed E-state index contributed by atoms with van der Waals surface area (Å²) in [5.74, 6) is 0.383. The van der Waals surface area contributed by atoms with Gasteiger partial charge in [-0.1, -0.05) is 12.5 Å². The number of nitrogens with one attached hydrogen (secondary N) is 2. The fourth-order valence-electron chi connectivity index (χ4n) is 3.03. The topological polar surface area (TPSA) is 59.0 Å². The molecule has 2 heterocycles. The van der Waals surface area contributed by atoms with Crippen molar-refractivity contribution in [1.29, 1.82) is 0 Å². The highest BCUT2D eigenvalue weighted by Crippen LogP contribution is 2.44. The van der Waals surface area contributed by atoms with Gasteiger partial charge in [-0.3, -0.25) is 9.48 Å². The van der Waals surface area contributed by atoms with Crippen molar-refractivity contribution in [3.8, 4) is 0 Å². The van der Waals surface area contributed by atoms with Gasteiger partial charge < -0.3 is 10.6 Å². The molecule has 2 fully saturated rings. The number of rotatable bonds is 5. The van der Waals surface area contributed by atoms with Gasteiger partial charge in [-0.2, -0.15) is 5.10 Å². The molecule has 0 spiro atoms. The minimum Gasteiger partial charge on any atom is -0.318 e. The number of aryl methyl sites for hydroxylation is 1. The fourth-order valence-corrected chi connectivity index (χ4v) is 3.65. The lowest BCUT2D eigenvalue weighted by atomic mass is 9.93. The van der Waals surface area contributed by atoms with Crippen LogP contribution in [0.15, 0.2) is 23.7 Å². The summed E-state index contributed by atoms with van der Waals surface area (Å²) >= 11 is 1.45. The van der Waals surface area contributed by atoms with Crippen molar-refractivity contribution in [2.45, 2.75) is 43.7 Å². The number of anilines is 1. The number of nitrogens with zero attached hydrogens (tertiary/aromatic N) is 2. The third kappa shape index (κ3) is 2.68. The number of amides is 1. The predicted molar refractivity (Wildman–Crippen MR) is 87.4 cm³/mol. The summed E-state index contributed by atoms with van der Waals surface area (Å²) in [5, 5.41) is 13.2. The van der Waals surface area contributed by atoms with Gasteiger partial charge in [0.2, 0.25) is 0 Å². The molecule has 0 radical (unpaired) electrons. The molecule has 0 aromatic carbocycles. The van der Waals surface area contributed by atoms with Crippen molar-refractivity contribution in [3.63, 3.8) is 0 Å². The standard InChI is InChI=1S/C16H20N4OS/c1-20-9-13(18-16(21)14-6-3-7-22-14)15(19-20)11-8-12(11)17-10-4-2-5-10/h3,6-7,9-12,17H,2,4-5,8H2,1H3,(H,18,21). The Morgan fingerprint density at radius 1 is 1.45 bits per heavy atom. The summed E-state index contributed by atoms with van der Waals surface area (Å²) < 4.78 is 1.79. The third-order valence-electron chi connectivity index (χ3n) is 4.55. The van der Waals surface area contributed by atoms with Crippen molar-refractivity contribution in [2.24, 2.45) is 7.05 Å².